The van der Waals surface area contributed by atoms with E-state index in [0.29, 0.717) is 0 Å². The summed E-state index contributed by atoms with van der Waals surface area (Å²) < 4.78 is 0. The molecule has 0 spiro atoms. The van der Waals surface area contributed by atoms with Crippen molar-refractivity contribution in [3.05, 3.63) is 51.3 Å². The second kappa shape index (κ2) is 5.07. The third-order valence-electron chi connectivity index (χ3n) is 3.60. The van der Waals surface area contributed by atoms with Gasteiger partial charge in [0, 0.05) is 16.0 Å². The SMILES string of the molecule is O=C1C(=Cc2cccs2)C=CC2=C1CCCCC2. The minimum Gasteiger partial charge on any atom is -0.289 e. The number of thiophene rings is 1. The Kier molecular flexibility index (Phi) is 3.28. The Morgan fingerprint density at radius 2 is 2.00 bits per heavy atom. The third kappa shape index (κ3) is 2.25. The van der Waals surface area contributed by atoms with Gasteiger partial charge in [-0.05, 0) is 48.8 Å². The Morgan fingerprint density at radius 1 is 1.11 bits per heavy atom. The topological polar surface area (TPSA) is 17.1 Å². The molecule has 0 saturated heterocycles. The number of hydrogen-bond acceptors (Lipinski definition) is 2. The van der Waals surface area contributed by atoms with Gasteiger partial charge in [-0.15, -0.1) is 11.3 Å². The predicted octanol–water partition coefficient (Wildman–Crippen LogP) is 4.53. The molecule has 0 N–H and O–H groups in total. The standard InChI is InChI=1S/C16H16OS/c17-16-13(11-14-6-4-10-18-14)9-8-12-5-2-1-3-7-15(12)16/h4,6,8-11H,1-3,5,7H2. The van der Waals surface area contributed by atoms with E-state index in [2.05, 4.69) is 12.1 Å². The lowest BCUT2D eigenvalue weighted by Gasteiger charge is -2.14. The van der Waals surface area contributed by atoms with Crippen LogP contribution in [-0.4, -0.2) is 5.78 Å². The molecular weight excluding hydrogens is 240 g/mol. The van der Waals surface area contributed by atoms with Crippen molar-refractivity contribution >= 4 is 23.2 Å². The van der Waals surface area contributed by atoms with Crippen LogP contribution in [0.3, 0.4) is 0 Å². The molecule has 0 atom stereocenters. The van der Waals surface area contributed by atoms with Gasteiger partial charge in [-0.1, -0.05) is 24.6 Å². The number of ketones is 1. The molecule has 0 saturated carbocycles. The van der Waals surface area contributed by atoms with E-state index in [9.17, 15) is 4.79 Å². The maximum absolute atomic E-state index is 12.5. The minimum absolute atomic E-state index is 0.253. The number of Topliss-reactive ketones (excluding diaryl/α,β-unsaturated/α-hetero) is 1. The Morgan fingerprint density at radius 3 is 2.83 bits per heavy atom. The maximum Gasteiger partial charge on any atom is 0.189 e. The Bertz CT molecular complexity index is 544. The molecule has 1 heterocycles. The van der Waals surface area contributed by atoms with E-state index in [0.717, 1.165) is 35.3 Å². The molecule has 18 heavy (non-hydrogen) atoms. The molecule has 92 valence electrons. The summed E-state index contributed by atoms with van der Waals surface area (Å²) in [5, 5.41) is 2.04. The first kappa shape index (κ1) is 11.7. The molecule has 0 fully saturated rings. The Labute approximate surface area is 112 Å². The van der Waals surface area contributed by atoms with Crippen LogP contribution >= 0.6 is 11.3 Å². The van der Waals surface area contributed by atoms with Gasteiger partial charge in [-0.2, -0.15) is 0 Å². The minimum atomic E-state index is 0.253. The van der Waals surface area contributed by atoms with Crippen molar-refractivity contribution in [2.75, 3.05) is 0 Å². The molecule has 0 aromatic carbocycles. The molecule has 2 aliphatic rings. The number of carbonyl (C=O) groups is 1. The van der Waals surface area contributed by atoms with E-state index in [1.807, 2.05) is 23.6 Å². The average molecular weight is 256 g/mol. The summed E-state index contributed by atoms with van der Waals surface area (Å²) in [7, 11) is 0. The van der Waals surface area contributed by atoms with E-state index >= 15 is 0 Å². The molecule has 3 rings (SSSR count). The lowest BCUT2D eigenvalue weighted by molar-refractivity contribution is -0.112. The quantitative estimate of drug-likeness (QED) is 0.675. The highest BCUT2D eigenvalue weighted by molar-refractivity contribution is 7.10. The van der Waals surface area contributed by atoms with Crippen LogP contribution in [-0.2, 0) is 4.79 Å². The molecule has 1 aromatic rings. The maximum atomic E-state index is 12.5. The van der Waals surface area contributed by atoms with Crippen molar-refractivity contribution in [3.63, 3.8) is 0 Å². The second-order valence-electron chi connectivity index (χ2n) is 4.84. The van der Waals surface area contributed by atoms with Crippen molar-refractivity contribution in [2.45, 2.75) is 32.1 Å². The van der Waals surface area contributed by atoms with Crippen LogP contribution in [0, 0.1) is 0 Å². The zero-order valence-corrected chi connectivity index (χ0v) is 11.1. The molecule has 0 unspecified atom stereocenters. The van der Waals surface area contributed by atoms with E-state index < -0.39 is 0 Å². The van der Waals surface area contributed by atoms with Crippen molar-refractivity contribution in [1.82, 2.24) is 0 Å². The molecule has 1 nitrogen and oxygen atoms in total. The molecule has 2 heteroatoms. The van der Waals surface area contributed by atoms with Gasteiger partial charge in [0.25, 0.3) is 0 Å². The zero-order valence-electron chi connectivity index (χ0n) is 10.3. The summed E-state index contributed by atoms with van der Waals surface area (Å²) in [6, 6.07) is 4.07. The largest absolute Gasteiger partial charge is 0.289 e. The summed E-state index contributed by atoms with van der Waals surface area (Å²) in [4.78, 5) is 13.6. The van der Waals surface area contributed by atoms with E-state index in [-0.39, 0.29) is 5.78 Å². The van der Waals surface area contributed by atoms with Gasteiger partial charge in [0.2, 0.25) is 0 Å². The Balaban J connectivity index is 1.92. The summed E-state index contributed by atoms with van der Waals surface area (Å²) in [5.41, 5.74) is 3.19. The first-order valence-corrected chi connectivity index (χ1v) is 7.42. The average Bonchev–Trinajstić information content (AvgIpc) is 2.76. The van der Waals surface area contributed by atoms with Gasteiger partial charge in [0.15, 0.2) is 5.78 Å². The third-order valence-corrected chi connectivity index (χ3v) is 4.42. The number of rotatable bonds is 1. The molecule has 2 aliphatic carbocycles. The lowest BCUT2D eigenvalue weighted by atomic mass is 9.89. The van der Waals surface area contributed by atoms with E-state index in [1.54, 1.807) is 11.3 Å². The molecule has 0 bridgehead atoms. The molecular formula is C16H16OS. The number of allylic oxidation sites excluding steroid dienone is 5. The summed E-state index contributed by atoms with van der Waals surface area (Å²) in [5.74, 6) is 0.253. The first-order chi connectivity index (χ1) is 8.84. The van der Waals surface area contributed by atoms with Crippen molar-refractivity contribution in [3.8, 4) is 0 Å². The molecule has 0 radical (unpaired) electrons. The van der Waals surface area contributed by atoms with Gasteiger partial charge in [-0.25, -0.2) is 0 Å². The van der Waals surface area contributed by atoms with Crippen LogP contribution in [0.5, 0.6) is 0 Å². The van der Waals surface area contributed by atoms with Crippen LogP contribution in [0.1, 0.15) is 37.0 Å². The van der Waals surface area contributed by atoms with Crippen LogP contribution in [0.2, 0.25) is 0 Å². The second-order valence-corrected chi connectivity index (χ2v) is 5.82. The van der Waals surface area contributed by atoms with Crippen LogP contribution in [0.25, 0.3) is 6.08 Å². The highest BCUT2D eigenvalue weighted by Gasteiger charge is 2.22. The summed E-state index contributed by atoms with van der Waals surface area (Å²) >= 11 is 1.67. The Hall–Kier alpha value is -1.41. The zero-order chi connectivity index (χ0) is 12.4. The monoisotopic (exact) mass is 256 g/mol. The highest BCUT2D eigenvalue weighted by atomic mass is 32.1. The lowest BCUT2D eigenvalue weighted by Crippen LogP contribution is -2.10. The van der Waals surface area contributed by atoms with E-state index in [1.165, 1.54) is 18.4 Å². The van der Waals surface area contributed by atoms with Crippen LogP contribution in [0.4, 0.5) is 0 Å². The van der Waals surface area contributed by atoms with Gasteiger partial charge in [0.1, 0.15) is 0 Å². The summed E-state index contributed by atoms with van der Waals surface area (Å²) in [6.07, 6.45) is 11.8. The summed E-state index contributed by atoms with van der Waals surface area (Å²) in [6.45, 7) is 0. The van der Waals surface area contributed by atoms with E-state index in [4.69, 9.17) is 0 Å². The predicted molar refractivity (Wildman–Crippen MR) is 76.6 cm³/mol. The normalized spacial score (nSPS) is 22.2. The molecule has 0 aliphatic heterocycles. The van der Waals surface area contributed by atoms with Gasteiger partial charge in [-0.3, -0.25) is 4.79 Å². The first-order valence-electron chi connectivity index (χ1n) is 6.54. The van der Waals surface area contributed by atoms with Crippen molar-refractivity contribution in [2.24, 2.45) is 0 Å². The number of hydrogen-bond donors (Lipinski definition) is 0. The van der Waals surface area contributed by atoms with Crippen LogP contribution < -0.4 is 0 Å². The molecule has 1 aromatic heterocycles. The highest BCUT2D eigenvalue weighted by Crippen LogP contribution is 2.31. The van der Waals surface area contributed by atoms with Crippen LogP contribution in [0.15, 0.2) is 46.4 Å². The smallest absolute Gasteiger partial charge is 0.189 e. The fraction of sp³-hybridized carbons (Fsp3) is 0.312. The van der Waals surface area contributed by atoms with Crippen molar-refractivity contribution < 1.29 is 4.79 Å². The van der Waals surface area contributed by atoms with Gasteiger partial charge < -0.3 is 0 Å². The molecule has 0 amide bonds. The van der Waals surface area contributed by atoms with Gasteiger partial charge >= 0.3 is 0 Å². The number of carbonyl (C=O) groups excluding carboxylic acids is 1. The van der Waals surface area contributed by atoms with Crippen molar-refractivity contribution in [1.29, 1.82) is 0 Å². The fourth-order valence-electron chi connectivity index (χ4n) is 2.63. The fourth-order valence-corrected chi connectivity index (χ4v) is 3.30. The van der Waals surface area contributed by atoms with Gasteiger partial charge in [0.05, 0.1) is 0 Å².